The van der Waals surface area contributed by atoms with Gasteiger partial charge in [0, 0.05) is 30.4 Å². The average Bonchev–Trinajstić information content (AvgIpc) is 2.76. The third-order valence-electron chi connectivity index (χ3n) is 3.25. The van der Waals surface area contributed by atoms with Crippen LogP contribution in [0.15, 0.2) is 16.6 Å². The molecular weight excluding hydrogens is 280 g/mol. The normalized spacial score (nSPS) is 19.6. The summed E-state index contributed by atoms with van der Waals surface area (Å²) in [5.74, 6) is 0. The fourth-order valence-corrected chi connectivity index (χ4v) is 2.83. The van der Waals surface area contributed by atoms with Crippen molar-refractivity contribution in [1.29, 1.82) is 0 Å². The van der Waals surface area contributed by atoms with E-state index in [1.165, 1.54) is 12.1 Å². The SMILES string of the molecule is Cc1cc(N(C)CC2CCCO2)c(Br)cc1N. The maximum Gasteiger partial charge on any atom is 0.0750 e. The van der Waals surface area contributed by atoms with Gasteiger partial charge in [-0.15, -0.1) is 0 Å². The summed E-state index contributed by atoms with van der Waals surface area (Å²) in [4.78, 5) is 2.23. The van der Waals surface area contributed by atoms with Crippen molar-refractivity contribution >= 4 is 27.3 Å². The summed E-state index contributed by atoms with van der Waals surface area (Å²) in [6, 6.07) is 4.09. The van der Waals surface area contributed by atoms with E-state index in [4.69, 9.17) is 10.5 Å². The largest absolute Gasteiger partial charge is 0.398 e. The summed E-state index contributed by atoms with van der Waals surface area (Å²) < 4.78 is 6.70. The smallest absolute Gasteiger partial charge is 0.0750 e. The van der Waals surface area contributed by atoms with E-state index in [9.17, 15) is 0 Å². The molecule has 1 saturated heterocycles. The third kappa shape index (κ3) is 2.93. The van der Waals surface area contributed by atoms with Gasteiger partial charge in [-0.2, -0.15) is 0 Å². The first-order valence-corrected chi connectivity index (χ1v) is 6.75. The topological polar surface area (TPSA) is 38.5 Å². The van der Waals surface area contributed by atoms with Crippen molar-refractivity contribution in [2.45, 2.75) is 25.9 Å². The van der Waals surface area contributed by atoms with Crippen LogP contribution in [0.4, 0.5) is 11.4 Å². The van der Waals surface area contributed by atoms with E-state index in [2.05, 4.69) is 33.9 Å². The van der Waals surface area contributed by atoms with Crippen LogP contribution in [0.2, 0.25) is 0 Å². The van der Waals surface area contributed by atoms with Crippen LogP contribution < -0.4 is 10.6 Å². The highest BCUT2D eigenvalue weighted by atomic mass is 79.9. The number of benzene rings is 1. The number of nitrogens with two attached hydrogens (primary N) is 1. The summed E-state index contributed by atoms with van der Waals surface area (Å²) in [6.45, 7) is 3.87. The van der Waals surface area contributed by atoms with Crippen molar-refractivity contribution in [3.63, 3.8) is 0 Å². The fourth-order valence-electron chi connectivity index (χ4n) is 2.17. The predicted molar refractivity (Wildman–Crippen MR) is 75.5 cm³/mol. The molecule has 1 heterocycles. The van der Waals surface area contributed by atoms with Crippen LogP contribution >= 0.6 is 15.9 Å². The summed E-state index contributed by atoms with van der Waals surface area (Å²) in [5, 5.41) is 0. The lowest BCUT2D eigenvalue weighted by atomic mass is 10.1. The second-order valence-electron chi connectivity index (χ2n) is 4.68. The summed E-state index contributed by atoms with van der Waals surface area (Å²) in [7, 11) is 2.09. The molecule has 1 fully saturated rings. The van der Waals surface area contributed by atoms with Gasteiger partial charge in [-0.1, -0.05) is 0 Å². The van der Waals surface area contributed by atoms with Gasteiger partial charge in [0.05, 0.1) is 11.8 Å². The molecule has 2 N–H and O–H groups in total. The molecule has 1 aromatic rings. The molecule has 0 aliphatic carbocycles. The first-order chi connectivity index (χ1) is 8.08. The van der Waals surface area contributed by atoms with Crippen LogP contribution in [0.3, 0.4) is 0 Å². The molecule has 4 heteroatoms. The predicted octanol–water partition coefficient (Wildman–Crippen LogP) is 2.95. The Bertz CT molecular complexity index is 403. The van der Waals surface area contributed by atoms with E-state index in [-0.39, 0.29) is 0 Å². The molecule has 1 unspecified atom stereocenters. The summed E-state index contributed by atoms with van der Waals surface area (Å²) in [5.41, 5.74) is 8.99. The highest BCUT2D eigenvalue weighted by Crippen LogP contribution is 2.30. The van der Waals surface area contributed by atoms with Gasteiger partial charge in [-0.05, 0) is 53.4 Å². The van der Waals surface area contributed by atoms with Crippen molar-refractivity contribution in [2.24, 2.45) is 0 Å². The zero-order chi connectivity index (χ0) is 12.4. The molecule has 1 aliphatic heterocycles. The van der Waals surface area contributed by atoms with E-state index < -0.39 is 0 Å². The number of ether oxygens (including phenoxy) is 1. The van der Waals surface area contributed by atoms with Crippen LogP contribution in [-0.2, 0) is 4.74 Å². The molecule has 0 radical (unpaired) electrons. The minimum Gasteiger partial charge on any atom is -0.398 e. The van der Waals surface area contributed by atoms with Crippen LogP contribution in [-0.4, -0.2) is 26.3 Å². The Labute approximate surface area is 111 Å². The Hall–Kier alpha value is -0.740. The molecule has 1 atom stereocenters. The minimum absolute atomic E-state index is 0.366. The quantitative estimate of drug-likeness (QED) is 0.872. The highest BCUT2D eigenvalue weighted by molar-refractivity contribution is 9.10. The highest BCUT2D eigenvalue weighted by Gasteiger charge is 2.18. The van der Waals surface area contributed by atoms with Crippen LogP contribution in [0.5, 0.6) is 0 Å². The number of nitrogens with zero attached hydrogens (tertiary/aromatic N) is 1. The fraction of sp³-hybridized carbons (Fsp3) is 0.538. The maximum atomic E-state index is 5.88. The first kappa shape index (κ1) is 12.7. The Kier molecular flexibility index (Phi) is 3.94. The molecule has 17 heavy (non-hydrogen) atoms. The summed E-state index contributed by atoms with van der Waals surface area (Å²) >= 11 is 3.57. The molecule has 1 aliphatic rings. The Morgan fingerprint density at radius 2 is 2.29 bits per heavy atom. The van der Waals surface area contributed by atoms with Gasteiger partial charge < -0.3 is 15.4 Å². The van der Waals surface area contributed by atoms with Gasteiger partial charge in [-0.25, -0.2) is 0 Å². The number of hydrogen-bond donors (Lipinski definition) is 1. The maximum absolute atomic E-state index is 5.88. The van der Waals surface area contributed by atoms with Gasteiger partial charge >= 0.3 is 0 Å². The van der Waals surface area contributed by atoms with Gasteiger partial charge in [-0.3, -0.25) is 0 Å². The third-order valence-corrected chi connectivity index (χ3v) is 3.88. The van der Waals surface area contributed by atoms with Crippen LogP contribution in [0, 0.1) is 6.92 Å². The van der Waals surface area contributed by atoms with Gasteiger partial charge in [0.1, 0.15) is 0 Å². The minimum atomic E-state index is 0.366. The lowest BCUT2D eigenvalue weighted by Crippen LogP contribution is -2.28. The number of likely N-dealkylation sites (N-methyl/N-ethyl adjacent to an activating group) is 1. The standard InChI is InChI=1S/C13H19BrN2O/c1-9-6-13(11(14)7-12(9)15)16(2)8-10-4-3-5-17-10/h6-7,10H,3-5,8,15H2,1-2H3. The zero-order valence-corrected chi connectivity index (χ0v) is 12.0. The van der Waals surface area contributed by atoms with Crippen LogP contribution in [0.1, 0.15) is 18.4 Å². The van der Waals surface area contributed by atoms with Crippen molar-refractivity contribution in [2.75, 3.05) is 30.8 Å². The second kappa shape index (κ2) is 5.27. The molecule has 0 saturated carbocycles. The Balaban J connectivity index is 2.12. The first-order valence-electron chi connectivity index (χ1n) is 5.96. The van der Waals surface area contributed by atoms with Crippen molar-refractivity contribution < 1.29 is 4.74 Å². The monoisotopic (exact) mass is 298 g/mol. The van der Waals surface area contributed by atoms with E-state index in [1.54, 1.807) is 0 Å². The Morgan fingerprint density at radius 1 is 1.53 bits per heavy atom. The number of nitrogen functional groups attached to an aromatic ring is 1. The number of halogens is 1. The number of hydrogen-bond acceptors (Lipinski definition) is 3. The molecule has 0 spiro atoms. The summed E-state index contributed by atoms with van der Waals surface area (Å²) in [6.07, 6.45) is 2.71. The Morgan fingerprint density at radius 3 is 2.94 bits per heavy atom. The molecule has 2 rings (SSSR count). The lowest BCUT2D eigenvalue weighted by molar-refractivity contribution is 0.116. The number of rotatable bonds is 3. The molecular formula is C13H19BrN2O. The molecule has 94 valence electrons. The molecule has 0 bridgehead atoms. The zero-order valence-electron chi connectivity index (χ0n) is 10.4. The molecule has 0 aromatic heterocycles. The van der Waals surface area contributed by atoms with E-state index >= 15 is 0 Å². The van der Waals surface area contributed by atoms with Crippen LogP contribution in [0.25, 0.3) is 0 Å². The van der Waals surface area contributed by atoms with Crippen molar-refractivity contribution in [1.82, 2.24) is 0 Å². The van der Waals surface area contributed by atoms with E-state index in [1.807, 2.05) is 13.0 Å². The average molecular weight is 299 g/mol. The molecule has 1 aromatic carbocycles. The van der Waals surface area contributed by atoms with E-state index in [0.717, 1.165) is 35.3 Å². The van der Waals surface area contributed by atoms with Gasteiger partial charge in [0.15, 0.2) is 0 Å². The van der Waals surface area contributed by atoms with Gasteiger partial charge in [0.25, 0.3) is 0 Å². The molecule has 0 amide bonds. The number of aryl methyl sites for hydroxylation is 1. The lowest BCUT2D eigenvalue weighted by Gasteiger charge is -2.24. The van der Waals surface area contributed by atoms with Crippen molar-refractivity contribution in [3.8, 4) is 0 Å². The van der Waals surface area contributed by atoms with E-state index in [0.29, 0.717) is 6.10 Å². The van der Waals surface area contributed by atoms with Crippen molar-refractivity contribution in [3.05, 3.63) is 22.2 Å². The van der Waals surface area contributed by atoms with Gasteiger partial charge in [0.2, 0.25) is 0 Å². The second-order valence-corrected chi connectivity index (χ2v) is 5.53. The number of anilines is 2. The molecule has 3 nitrogen and oxygen atoms in total.